The Bertz CT molecular complexity index is 1010. The zero-order valence-electron chi connectivity index (χ0n) is 13.6. The molecule has 1 saturated carbocycles. The third-order valence-corrected chi connectivity index (χ3v) is 4.40. The van der Waals surface area contributed by atoms with Gasteiger partial charge in [0.25, 0.3) is 0 Å². The third kappa shape index (κ3) is 2.63. The van der Waals surface area contributed by atoms with Gasteiger partial charge in [-0.1, -0.05) is 18.2 Å². The van der Waals surface area contributed by atoms with Crippen molar-refractivity contribution in [3.8, 4) is 5.69 Å². The standard InChI is InChI=1S/C18H17N7/c1-2-4-15(5-3-1)25-9-8-13(23-25)10-19-17-16-18(21-11-20-17)24(12-22-16)14-6-7-14/h1-5,8-9,11-12,14H,6-7,10H2,(H,19,20,21). The van der Waals surface area contributed by atoms with Gasteiger partial charge in [0.1, 0.15) is 11.8 Å². The lowest BCUT2D eigenvalue weighted by Crippen LogP contribution is -2.04. The number of imidazole rings is 1. The number of para-hydroxylation sites is 1. The van der Waals surface area contributed by atoms with Crippen molar-refractivity contribution in [2.75, 3.05) is 5.32 Å². The summed E-state index contributed by atoms with van der Waals surface area (Å²) in [6.45, 7) is 0.586. The number of nitrogens with zero attached hydrogens (tertiary/aromatic N) is 6. The number of anilines is 1. The van der Waals surface area contributed by atoms with E-state index in [9.17, 15) is 0 Å². The van der Waals surface area contributed by atoms with E-state index in [-0.39, 0.29) is 0 Å². The van der Waals surface area contributed by atoms with Crippen LogP contribution in [0, 0.1) is 0 Å². The lowest BCUT2D eigenvalue weighted by Gasteiger charge is -2.05. The second kappa shape index (κ2) is 5.70. The van der Waals surface area contributed by atoms with Crippen molar-refractivity contribution in [2.45, 2.75) is 25.4 Å². The van der Waals surface area contributed by atoms with Crippen LogP contribution in [0.15, 0.2) is 55.2 Å². The lowest BCUT2D eigenvalue weighted by atomic mass is 10.3. The maximum absolute atomic E-state index is 4.60. The van der Waals surface area contributed by atoms with Gasteiger partial charge >= 0.3 is 0 Å². The Morgan fingerprint density at radius 2 is 1.92 bits per heavy atom. The SMILES string of the molecule is c1ccc(-n2ccc(CNc3ncnc4c3ncn4C3CC3)n2)cc1. The van der Waals surface area contributed by atoms with Gasteiger partial charge < -0.3 is 9.88 Å². The maximum atomic E-state index is 4.60. The average Bonchev–Trinajstić information content (AvgIpc) is 3.23. The number of hydrogen-bond acceptors (Lipinski definition) is 5. The van der Waals surface area contributed by atoms with Gasteiger partial charge in [-0.15, -0.1) is 0 Å². The number of aromatic nitrogens is 6. The van der Waals surface area contributed by atoms with Crippen LogP contribution in [0.1, 0.15) is 24.6 Å². The summed E-state index contributed by atoms with van der Waals surface area (Å²) >= 11 is 0. The van der Waals surface area contributed by atoms with E-state index in [1.54, 1.807) is 6.33 Å². The molecule has 0 unspecified atom stereocenters. The first kappa shape index (κ1) is 14.2. The largest absolute Gasteiger partial charge is 0.362 e. The van der Waals surface area contributed by atoms with Crippen molar-refractivity contribution >= 4 is 17.0 Å². The number of fused-ring (bicyclic) bond motifs is 1. The highest BCUT2D eigenvalue weighted by Gasteiger charge is 2.26. The molecule has 124 valence electrons. The summed E-state index contributed by atoms with van der Waals surface area (Å²) in [5.41, 5.74) is 3.70. The predicted octanol–water partition coefficient (Wildman–Crippen LogP) is 2.96. The van der Waals surface area contributed by atoms with E-state index >= 15 is 0 Å². The van der Waals surface area contributed by atoms with Crippen LogP contribution >= 0.6 is 0 Å². The van der Waals surface area contributed by atoms with Gasteiger partial charge in [-0.05, 0) is 31.0 Å². The zero-order chi connectivity index (χ0) is 16.6. The third-order valence-electron chi connectivity index (χ3n) is 4.40. The molecule has 0 saturated heterocycles. The molecule has 0 bridgehead atoms. The van der Waals surface area contributed by atoms with Crippen molar-refractivity contribution in [3.05, 3.63) is 60.9 Å². The molecule has 1 aliphatic carbocycles. The average molecular weight is 331 g/mol. The van der Waals surface area contributed by atoms with Crippen molar-refractivity contribution in [1.29, 1.82) is 0 Å². The van der Waals surface area contributed by atoms with Gasteiger partial charge in [0.2, 0.25) is 0 Å². The number of benzene rings is 1. The van der Waals surface area contributed by atoms with Crippen LogP contribution in [0.3, 0.4) is 0 Å². The van der Waals surface area contributed by atoms with Crippen molar-refractivity contribution < 1.29 is 0 Å². The Labute approximate surface area is 144 Å². The van der Waals surface area contributed by atoms with Crippen LogP contribution < -0.4 is 5.32 Å². The van der Waals surface area contributed by atoms with Gasteiger partial charge in [0.05, 0.1) is 24.3 Å². The lowest BCUT2D eigenvalue weighted by molar-refractivity contribution is 0.756. The molecule has 1 N–H and O–H groups in total. The van der Waals surface area contributed by atoms with E-state index < -0.39 is 0 Å². The molecule has 3 heterocycles. The van der Waals surface area contributed by atoms with E-state index in [0.717, 1.165) is 28.4 Å². The molecule has 3 aromatic heterocycles. The fraction of sp³-hybridized carbons (Fsp3) is 0.222. The molecule has 1 aliphatic rings. The summed E-state index contributed by atoms with van der Waals surface area (Å²) < 4.78 is 4.01. The first-order chi connectivity index (χ1) is 12.4. The molecule has 5 rings (SSSR count). The zero-order valence-corrected chi connectivity index (χ0v) is 13.6. The molecule has 7 nitrogen and oxygen atoms in total. The Hall–Kier alpha value is -3.22. The van der Waals surface area contributed by atoms with Crippen molar-refractivity contribution in [1.82, 2.24) is 29.3 Å². The van der Waals surface area contributed by atoms with E-state index in [0.29, 0.717) is 12.6 Å². The van der Waals surface area contributed by atoms with Crippen LogP contribution in [-0.2, 0) is 6.54 Å². The topological polar surface area (TPSA) is 73.5 Å². The Kier molecular flexibility index (Phi) is 3.22. The Morgan fingerprint density at radius 1 is 1.04 bits per heavy atom. The number of nitrogens with one attached hydrogen (secondary N) is 1. The smallest absolute Gasteiger partial charge is 0.165 e. The highest BCUT2D eigenvalue weighted by molar-refractivity contribution is 5.82. The summed E-state index contributed by atoms with van der Waals surface area (Å²) in [6, 6.07) is 12.6. The molecule has 0 atom stereocenters. The van der Waals surface area contributed by atoms with Gasteiger partial charge in [-0.2, -0.15) is 5.10 Å². The highest BCUT2D eigenvalue weighted by Crippen LogP contribution is 2.37. The van der Waals surface area contributed by atoms with Gasteiger partial charge in [0.15, 0.2) is 11.5 Å². The second-order valence-corrected chi connectivity index (χ2v) is 6.22. The first-order valence-corrected chi connectivity index (χ1v) is 8.40. The minimum absolute atomic E-state index is 0.550. The van der Waals surface area contributed by atoms with Crippen LogP contribution in [-0.4, -0.2) is 29.3 Å². The number of hydrogen-bond donors (Lipinski definition) is 1. The second-order valence-electron chi connectivity index (χ2n) is 6.22. The Morgan fingerprint density at radius 3 is 2.76 bits per heavy atom. The molecule has 4 aromatic rings. The fourth-order valence-electron chi connectivity index (χ4n) is 2.96. The Balaban J connectivity index is 1.36. The molecular weight excluding hydrogens is 314 g/mol. The van der Waals surface area contributed by atoms with Crippen molar-refractivity contribution in [3.63, 3.8) is 0 Å². The molecular formula is C18H17N7. The van der Waals surface area contributed by atoms with E-state index in [1.807, 2.05) is 53.6 Å². The molecule has 7 heteroatoms. The fourth-order valence-corrected chi connectivity index (χ4v) is 2.96. The normalized spacial score (nSPS) is 14.1. The molecule has 1 aromatic carbocycles. The summed E-state index contributed by atoms with van der Waals surface area (Å²) in [6.07, 6.45) is 7.83. The maximum Gasteiger partial charge on any atom is 0.165 e. The molecule has 0 radical (unpaired) electrons. The van der Waals surface area contributed by atoms with Crippen LogP contribution in [0.2, 0.25) is 0 Å². The molecule has 25 heavy (non-hydrogen) atoms. The molecule has 1 fully saturated rings. The van der Waals surface area contributed by atoms with E-state index in [1.165, 1.54) is 12.8 Å². The van der Waals surface area contributed by atoms with E-state index in [2.05, 4.69) is 29.9 Å². The van der Waals surface area contributed by atoms with E-state index in [4.69, 9.17) is 0 Å². The van der Waals surface area contributed by atoms with Crippen molar-refractivity contribution in [2.24, 2.45) is 0 Å². The number of rotatable bonds is 5. The predicted molar refractivity (Wildman–Crippen MR) is 94.5 cm³/mol. The van der Waals surface area contributed by atoms with Gasteiger partial charge in [-0.25, -0.2) is 19.6 Å². The molecule has 0 spiro atoms. The minimum Gasteiger partial charge on any atom is -0.362 e. The quantitative estimate of drug-likeness (QED) is 0.608. The highest BCUT2D eigenvalue weighted by atomic mass is 15.3. The van der Waals surface area contributed by atoms with Crippen LogP contribution in [0.25, 0.3) is 16.9 Å². The monoisotopic (exact) mass is 331 g/mol. The van der Waals surface area contributed by atoms with Crippen LogP contribution in [0.5, 0.6) is 0 Å². The first-order valence-electron chi connectivity index (χ1n) is 8.40. The summed E-state index contributed by atoms with van der Waals surface area (Å²) in [7, 11) is 0. The molecule has 0 aliphatic heterocycles. The van der Waals surface area contributed by atoms with Crippen LogP contribution in [0.4, 0.5) is 5.82 Å². The summed E-state index contributed by atoms with van der Waals surface area (Å²) in [4.78, 5) is 13.2. The summed E-state index contributed by atoms with van der Waals surface area (Å²) in [5.74, 6) is 0.749. The van der Waals surface area contributed by atoms with Gasteiger partial charge in [-0.3, -0.25) is 0 Å². The summed E-state index contributed by atoms with van der Waals surface area (Å²) in [5, 5.41) is 7.94. The van der Waals surface area contributed by atoms with Gasteiger partial charge in [0, 0.05) is 12.2 Å². The minimum atomic E-state index is 0.550. The molecule has 0 amide bonds.